The maximum absolute atomic E-state index is 12.1. The highest BCUT2D eigenvalue weighted by molar-refractivity contribution is 5.74. The first kappa shape index (κ1) is 16.2. The lowest BCUT2D eigenvalue weighted by Crippen LogP contribution is -2.43. The number of aromatic nitrogens is 2. The summed E-state index contributed by atoms with van der Waals surface area (Å²) in [6, 6.07) is 7.20. The van der Waals surface area contributed by atoms with Gasteiger partial charge in [-0.3, -0.25) is 4.68 Å². The van der Waals surface area contributed by atoms with E-state index in [4.69, 9.17) is 9.47 Å². The molecule has 0 saturated carbocycles. The number of nitrogens with zero attached hydrogens (tertiary/aromatic N) is 2. The van der Waals surface area contributed by atoms with Crippen LogP contribution < -0.4 is 20.1 Å². The van der Waals surface area contributed by atoms with Crippen LogP contribution in [0.15, 0.2) is 36.7 Å². The van der Waals surface area contributed by atoms with Crippen LogP contribution in [0.4, 0.5) is 4.79 Å². The summed E-state index contributed by atoms with van der Waals surface area (Å²) in [7, 11) is 0. The van der Waals surface area contributed by atoms with Gasteiger partial charge in [-0.25, -0.2) is 4.79 Å². The first-order chi connectivity index (χ1) is 11.6. The molecule has 3 rings (SSSR count). The number of hydrogen-bond acceptors (Lipinski definition) is 4. The SMILES string of the molecule is C[C@H](Cn1cccn1)NC(=O)N[C@@H](C)c1ccc2c(c1)OCCO2. The fraction of sp³-hybridized carbons (Fsp3) is 0.412. The molecule has 2 aromatic rings. The molecule has 7 heteroatoms. The number of fused-ring (bicyclic) bond motifs is 1. The summed E-state index contributed by atoms with van der Waals surface area (Å²) in [6.45, 7) is 5.61. The Kier molecular flexibility index (Phi) is 4.88. The number of carbonyl (C=O) groups is 1. The molecule has 0 aliphatic carbocycles. The highest BCUT2D eigenvalue weighted by Crippen LogP contribution is 2.32. The zero-order chi connectivity index (χ0) is 16.9. The summed E-state index contributed by atoms with van der Waals surface area (Å²) in [4.78, 5) is 12.1. The van der Waals surface area contributed by atoms with Crippen molar-refractivity contribution in [2.24, 2.45) is 0 Å². The second-order valence-electron chi connectivity index (χ2n) is 5.87. The Labute approximate surface area is 140 Å². The number of benzene rings is 1. The number of ether oxygens (including phenoxy) is 2. The van der Waals surface area contributed by atoms with Crippen molar-refractivity contribution in [3.63, 3.8) is 0 Å². The van der Waals surface area contributed by atoms with Gasteiger partial charge in [0, 0.05) is 18.4 Å². The monoisotopic (exact) mass is 330 g/mol. The third kappa shape index (κ3) is 3.98. The summed E-state index contributed by atoms with van der Waals surface area (Å²) in [5.41, 5.74) is 0.967. The number of hydrogen-bond donors (Lipinski definition) is 2. The molecule has 24 heavy (non-hydrogen) atoms. The summed E-state index contributed by atoms with van der Waals surface area (Å²) < 4.78 is 12.9. The van der Waals surface area contributed by atoms with Crippen LogP contribution >= 0.6 is 0 Å². The number of rotatable bonds is 5. The van der Waals surface area contributed by atoms with Crippen LogP contribution in [0.3, 0.4) is 0 Å². The largest absolute Gasteiger partial charge is 0.486 e. The van der Waals surface area contributed by atoms with E-state index in [1.54, 1.807) is 10.9 Å². The van der Waals surface area contributed by atoms with Gasteiger partial charge < -0.3 is 20.1 Å². The van der Waals surface area contributed by atoms with Gasteiger partial charge in [-0.2, -0.15) is 5.10 Å². The minimum absolute atomic E-state index is 0.0302. The van der Waals surface area contributed by atoms with Crippen LogP contribution in [-0.4, -0.2) is 35.1 Å². The summed E-state index contributed by atoms with van der Waals surface area (Å²) in [5, 5.41) is 9.98. The van der Waals surface area contributed by atoms with Crippen molar-refractivity contribution in [3.8, 4) is 11.5 Å². The second-order valence-corrected chi connectivity index (χ2v) is 5.87. The smallest absolute Gasteiger partial charge is 0.315 e. The molecule has 0 fully saturated rings. The van der Waals surface area contributed by atoms with Gasteiger partial charge in [0.2, 0.25) is 0 Å². The quantitative estimate of drug-likeness (QED) is 0.880. The molecule has 2 N–H and O–H groups in total. The van der Waals surface area contributed by atoms with Crippen molar-refractivity contribution in [2.75, 3.05) is 13.2 Å². The highest BCUT2D eigenvalue weighted by atomic mass is 16.6. The van der Waals surface area contributed by atoms with Crippen LogP contribution in [0.1, 0.15) is 25.5 Å². The molecule has 0 spiro atoms. The highest BCUT2D eigenvalue weighted by Gasteiger charge is 2.16. The van der Waals surface area contributed by atoms with E-state index in [1.807, 2.05) is 44.3 Å². The Morgan fingerprint density at radius 3 is 2.79 bits per heavy atom. The number of amides is 2. The summed E-state index contributed by atoms with van der Waals surface area (Å²) in [5.74, 6) is 1.47. The third-order valence-electron chi connectivity index (χ3n) is 3.81. The van der Waals surface area contributed by atoms with Crippen molar-refractivity contribution in [3.05, 3.63) is 42.2 Å². The molecule has 0 saturated heterocycles. The Morgan fingerprint density at radius 1 is 1.25 bits per heavy atom. The average molecular weight is 330 g/mol. The number of nitrogens with one attached hydrogen (secondary N) is 2. The maximum atomic E-state index is 12.1. The van der Waals surface area contributed by atoms with Gasteiger partial charge in [-0.1, -0.05) is 6.07 Å². The van der Waals surface area contributed by atoms with E-state index >= 15 is 0 Å². The topological polar surface area (TPSA) is 77.4 Å². The Hall–Kier alpha value is -2.70. The summed E-state index contributed by atoms with van der Waals surface area (Å²) in [6.07, 6.45) is 3.59. The van der Waals surface area contributed by atoms with Crippen molar-refractivity contribution in [2.45, 2.75) is 32.5 Å². The predicted molar refractivity (Wildman–Crippen MR) is 89.2 cm³/mol. The van der Waals surface area contributed by atoms with Gasteiger partial charge in [0.15, 0.2) is 11.5 Å². The molecule has 1 aromatic carbocycles. The van der Waals surface area contributed by atoms with Crippen LogP contribution in [0, 0.1) is 0 Å². The Bertz CT molecular complexity index is 687. The second kappa shape index (κ2) is 7.25. The van der Waals surface area contributed by atoms with E-state index in [0.29, 0.717) is 19.8 Å². The number of urea groups is 1. The lowest BCUT2D eigenvalue weighted by atomic mass is 10.1. The molecule has 0 unspecified atom stereocenters. The van der Waals surface area contributed by atoms with Crippen molar-refractivity contribution < 1.29 is 14.3 Å². The molecule has 0 radical (unpaired) electrons. The van der Waals surface area contributed by atoms with Gasteiger partial charge >= 0.3 is 6.03 Å². The van der Waals surface area contributed by atoms with Crippen LogP contribution in [0.5, 0.6) is 11.5 Å². The predicted octanol–water partition coefficient (Wildman–Crippen LogP) is 2.10. The fourth-order valence-electron chi connectivity index (χ4n) is 2.61. The normalized spacial score (nSPS) is 15.4. The van der Waals surface area contributed by atoms with E-state index < -0.39 is 0 Å². The first-order valence-corrected chi connectivity index (χ1v) is 8.06. The lowest BCUT2D eigenvalue weighted by Gasteiger charge is -2.22. The molecule has 2 heterocycles. The van der Waals surface area contributed by atoms with E-state index in [9.17, 15) is 4.79 Å². The standard InChI is InChI=1S/C17H22N4O3/c1-12(11-21-7-3-6-18-21)19-17(22)20-13(2)14-4-5-15-16(10-14)24-9-8-23-15/h3-7,10,12-13H,8-9,11H2,1-2H3,(H2,19,20,22)/t12-,13+/m1/s1. The maximum Gasteiger partial charge on any atom is 0.315 e. The van der Waals surface area contributed by atoms with Gasteiger partial charge in [-0.05, 0) is 37.6 Å². The van der Waals surface area contributed by atoms with Crippen molar-refractivity contribution in [1.82, 2.24) is 20.4 Å². The molecular weight excluding hydrogens is 308 g/mol. The Morgan fingerprint density at radius 2 is 2.04 bits per heavy atom. The molecule has 2 atom stereocenters. The summed E-state index contributed by atoms with van der Waals surface area (Å²) >= 11 is 0. The average Bonchev–Trinajstić information content (AvgIpc) is 3.06. The van der Waals surface area contributed by atoms with E-state index in [2.05, 4.69) is 15.7 Å². The molecule has 2 amide bonds. The minimum atomic E-state index is -0.211. The molecule has 128 valence electrons. The van der Waals surface area contributed by atoms with E-state index in [-0.39, 0.29) is 18.1 Å². The Balaban J connectivity index is 1.54. The van der Waals surface area contributed by atoms with E-state index in [0.717, 1.165) is 17.1 Å². The van der Waals surface area contributed by atoms with Crippen LogP contribution in [0.2, 0.25) is 0 Å². The van der Waals surface area contributed by atoms with E-state index in [1.165, 1.54) is 0 Å². The van der Waals surface area contributed by atoms with Crippen molar-refractivity contribution in [1.29, 1.82) is 0 Å². The molecular formula is C17H22N4O3. The number of carbonyl (C=O) groups excluding carboxylic acids is 1. The molecule has 1 aromatic heterocycles. The van der Waals surface area contributed by atoms with Crippen LogP contribution in [0.25, 0.3) is 0 Å². The zero-order valence-corrected chi connectivity index (χ0v) is 13.9. The lowest BCUT2D eigenvalue weighted by molar-refractivity contribution is 0.171. The molecule has 7 nitrogen and oxygen atoms in total. The van der Waals surface area contributed by atoms with Crippen molar-refractivity contribution >= 4 is 6.03 Å². The van der Waals surface area contributed by atoms with Gasteiger partial charge in [-0.15, -0.1) is 0 Å². The van der Waals surface area contributed by atoms with Gasteiger partial charge in [0.05, 0.1) is 12.6 Å². The molecule has 1 aliphatic rings. The van der Waals surface area contributed by atoms with Crippen LogP contribution in [-0.2, 0) is 6.54 Å². The molecule has 1 aliphatic heterocycles. The van der Waals surface area contributed by atoms with Gasteiger partial charge in [0.1, 0.15) is 13.2 Å². The van der Waals surface area contributed by atoms with Gasteiger partial charge in [0.25, 0.3) is 0 Å². The third-order valence-corrected chi connectivity index (χ3v) is 3.81. The minimum Gasteiger partial charge on any atom is -0.486 e. The molecule has 0 bridgehead atoms. The fourth-order valence-corrected chi connectivity index (χ4v) is 2.61. The first-order valence-electron chi connectivity index (χ1n) is 8.06. The zero-order valence-electron chi connectivity index (χ0n) is 13.9.